The van der Waals surface area contributed by atoms with Gasteiger partial charge in [0.1, 0.15) is 11.4 Å². The largest absolute Gasteiger partial charge is 0.497 e. The van der Waals surface area contributed by atoms with E-state index in [0.717, 1.165) is 11.0 Å². The van der Waals surface area contributed by atoms with Gasteiger partial charge >= 0.3 is 5.72 Å². The molecule has 4 rings (SSSR count). The van der Waals surface area contributed by atoms with E-state index in [2.05, 4.69) is 0 Å². The minimum absolute atomic E-state index is 0.288. The first kappa shape index (κ1) is 15.7. The second-order valence-corrected chi connectivity index (χ2v) is 6.22. The summed E-state index contributed by atoms with van der Waals surface area (Å²) >= 11 is 0. The van der Waals surface area contributed by atoms with Crippen molar-refractivity contribution in [2.24, 2.45) is 11.8 Å². The van der Waals surface area contributed by atoms with Crippen molar-refractivity contribution in [3.8, 4) is 5.75 Å². The summed E-state index contributed by atoms with van der Waals surface area (Å²) in [4.78, 5) is 37.6. The summed E-state index contributed by atoms with van der Waals surface area (Å²) < 4.78 is 10.5. The lowest BCUT2D eigenvalue weighted by Gasteiger charge is -2.25. The van der Waals surface area contributed by atoms with E-state index in [1.165, 1.54) is 25.3 Å². The number of carbonyl (C=O) groups excluding carboxylic acids is 2. The third-order valence-electron chi connectivity index (χ3n) is 5.10. The molecule has 4 unspecified atom stereocenters. The van der Waals surface area contributed by atoms with Crippen LogP contribution in [0.4, 0.5) is 5.69 Å². The number of rotatable bonds is 4. The number of hydrogen-bond donors (Lipinski definition) is 1. The van der Waals surface area contributed by atoms with Crippen LogP contribution in [-0.4, -0.2) is 46.9 Å². The lowest BCUT2D eigenvalue weighted by molar-refractivity contribution is -0.613. The SMILES string of the molecule is COc1ccc(N2C(=O)C3C(C2=O)C2([N+](=O)[O-])C=CC3(CO)O2)cc1. The molecule has 1 N–H and O–H groups in total. The number of aliphatic hydroxyl groups excluding tert-OH is 1. The van der Waals surface area contributed by atoms with E-state index >= 15 is 0 Å². The molecule has 2 fully saturated rings. The normalized spacial score (nSPS) is 35.4. The summed E-state index contributed by atoms with van der Waals surface area (Å²) in [5.41, 5.74) is -3.39. The second-order valence-electron chi connectivity index (χ2n) is 6.22. The summed E-state index contributed by atoms with van der Waals surface area (Å²) in [6.07, 6.45) is 2.48. The van der Waals surface area contributed by atoms with Crippen LogP contribution in [0.5, 0.6) is 5.75 Å². The van der Waals surface area contributed by atoms with Gasteiger partial charge in [-0.05, 0) is 30.3 Å². The molecule has 9 nitrogen and oxygen atoms in total. The number of carbonyl (C=O) groups is 2. The number of benzene rings is 1. The van der Waals surface area contributed by atoms with Gasteiger partial charge in [-0.3, -0.25) is 24.4 Å². The second kappa shape index (κ2) is 4.87. The minimum Gasteiger partial charge on any atom is -0.497 e. The molecule has 3 heterocycles. The van der Waals surface area contributed by atoms with E-state index in [4.69, 9.17) is 9.47 Å². The van der Waals surface area contributed by atoms with Crippen LogP contribution < -0.4 is 9.64 Å². The summed E-state index contributed by atoms with van der Waals surface area (Å²) in [5, 5.41) is 21.3. The third kappa shape index (κ3) is 1.73. The van der Waals surface area contributed by atoms with Crippen LogP contribution in [0.3, 0.4) is 0 Å². The number of nitro groups is 1. The van der Waals surface area contributed by atoms with Gasteiger partial charge in [0, 0.05) is 6.08 Å². The molecule has 4 atom stereocenters. The third-order valence-corrected chi connectivity index (χ3v) is 5.10. The zero-order valence-corrected chi connectivity index (χ0v) is 13.1. The van der Waals surface area contributed by atoms with Gasteiger partial charge in [0.25, 0.3) is 0 Å². The Hall–Kier alpha value is -2.78. The summed E-state index contributed by atoms with van der Waals surface area (Å²) in [6.45, 7) is -0.629. The Morgan fingerprint density at radius 2 is 1.88 bits per heavy atom. The molecule has 0 spiro atoms. The van der Waals surface area contributed by atoms with Crippen LogP contribution in [0.15, 0.2) is 36.4 Å². The van der Waals surface area contributed by atoms with E-state index < -0.39 is 46.5 Å². The van der Waals surface area contributed by atoms with Crippen molar-refractivity contribution in [1.29, 1.82) is 0 Å². The van der Waals surface area contributed by atoms with Crippen molar-refractivity contribution >= 4 is 17.5 Å². The lowest BCUT2D eigenvalue weighted by atomic mass is 9.75. The fraction of sp³-hybridized carbons (Fsp3) is 0.375. The van der Waals surface area contributed by atoms with Gasteiger partial charge in [0.15, 0.2) is 5.92 Å². The molecule has 0 aliphatic carbocycles. The quantitative estimate of drug-likeness (QED) is 0.355. The standard InChI is InChI=1S/C16H14N2O7/c1-24-10-4-2-9(3-5-10)17-13(20)11-12(14(17)21)16(18(22)23)7-6-15(11,8-19)25-16/h2-7,11-12,19H,8H2,1H3. The van der Waals surface area contributed by atoms with E-state index in [1.54, 1.807) is 12.1 Å². The van der Waals surface area contributed by atoms with Crippen LogP contribution in [0, 0.1) is 22.0 Å². The van der Waals surface area contributed by atoms with Crippen molar-refractivity contribution in [3.05, 3.63) is 46.5 Å². The molecule has 9 heteroatoms. The monoisotopic (exact) mass is 346 g/mol. The molecule has 1 aromatic carbocycles. The summed E-state index contributed by atoms with van der Waals surface area (Å²) in [7, 11) is 1.48. The molecule has 0 radical (unpaired) electrons. The van der Waals surface area contributed by atoms with Crippen LogP contribution in [0.25, 0.3) is 0 Å². The van der Waals surface area contributed by atoms with E-state index in [-0.39, 0.29) is 5.69 Å². The molecule has 3 aliphatic heterocycles. The molecule has 0 saturated carbocycles. The van der Waals surface area contributed by atoms with Gasteiger partial charge < -0.3 is 9.84 Å². The van der Waals surface area contributed by atoms with E-state index in [0.29, 0.717) is 5.75 Å². The molecule has 2 saturated heterocycles. The number of nitrogens with zero attached hydrogens (tertiary/aromatic N) is 2. The smallest absolute Gasteiger partial charge is 0.358 e. The van der Waals surface area contributed by atoms with E-state index in [9.17, 15) is 24.8 Å². The minimum atomic E-state index is -2.12. The maximum absolute atomic E-state index is 12.9. The average Bonchev–Trinajstić information content (AvgIpc) is 3.24. The molecule has 130 valence electrons. The highest BCUT2D eigenvalue weighted by atomic mass is 16.7. The fourth-order valence-electron chi connectivity index (χ4n) is 3.93. The molecule has 2 amide bonds. The number of amides is 2. The summed E-state index contributed by atoms with van der Waals surface area (Å²) in [6, 6.07) is 6.21. The highest BCUT2D eigenvalue weighted by Gasteiger charge is 2.79. The predicted octanol–water partition coefficient (Wildman–Crippen LogP) is 0.105. The van der Waals surface area contributed by atoms with Gasteiger partial charge in [-0.25, -0.2) is 4.90 Å². The average molecular weight is 346 g/mol. The zero-order valence-electron chi connectivity index (χ0n) is 13.1. The Morgan fingerprint density at radius 1 is 1.24 bits per heavy atom. The van der Waals surface area contributed by atoms with E-state index in [1.807, 2.05) is 0 Å². The van der Waals surface area contributed by atoms with Crippen LogP contribution in [-0.2, 0) is 14.3 Å². The number of methoxy groups -OCH3 is 1. The van der Waals surface area contributed by atoms with Crippen molar-refractivity contribution < 1.29 is 29.1 Å². The number of aliphatic hydroxyl groups is 1. The van der Waals surface area contributed by atoms with Crippen molar-refractivity contribution in [3.63, 3.8) is 0 Å². The zero-order chi connectivity index (χ0) is 18.0. The lowest BCUT2D eigenvalue weighted by Crippen LogP contribution is -2.46. The van der Waals surface area contributed by atoms with Gasteiger partial charge in [-0.2, -0.15) is 0 Å². The predicted molar refractivity (Wildman–Crippen MR) is 82.2 cm³/mol. The van der Waals surface area contributed by atoms with Gasteiger partial charge in [-0.15, -0.1) is 0 Å². The number of ether oxygens (including phenoxy) is 2. The van der Waals surface area contributed by atoms with Gasteiger partial charge in [-0.1, -0.05) is 0 Å². The van der Waals surface area contributed by atoms with Crippen molar-refractivity contribution in [1.82, 2.24) is 0 Å². The molecule has 0 aromatic heterocycles. The topological polar surface area (TPSA) is 119 Å². The molecule has 3 aliphatic rings. The number of hydrogen-bond acceptors (Lipinski definition) is 7. The van der Waals surface area contributed by atoms with Crippen LogP contribution in [0.2, 0.25) is 0 Å². The van der Waals surface area contributed by atoms with Gasteiger partial charge in [0.2, 0.25) is 11.8 Å². The van der Waals surface area contributed by atoms with Crippen LogP contribution >= 0.6 is 0 Å². The first-order chi connectivity index (χ1) is 11.9. The first-order valence-corrected chi connectivity index (χ1v) is 7.58. The molecular weight excluding hydrogens is 332 g/mol. The Morgan fingerprint density at radius 3 is 2.44 bits per heavy atom. The number of imide groups is 1. The maximum atomic E-state index is 12.9. The maximum Gasteiger partial charge on any atom is 0.358 e. The molecular formula is C16H14N2O7. The first-order valence-electron chi connectivity index (χ1n) is 7.58. The number of anilines is 1. The Balaban J connectivity index is 1.80. The number of fused-ring (bicyclic) bond motifs is 5. The molecule has 1 aromatic rings. The Kier molecular flexibility index (Phi) is 3.06. The molecule has 25 heavy (non-hydrogen) atoms. The fourth-order valence-corrected chi connectivity index (χ4v) is 3.93. The highest BCUT2D eigenvalue weighted by molar-refractivity contribution is 6.23. The molecule has 2 bridgehead atoms. The van der Waals surface area contributed by atoms with Crippen LogP contribution in [0.1, 0.15) is 0 Å². The van der Waals surface area contributed by atoms with Crippen molar-refractivity contribution in [2.75, 3.05) is 18.6 Å². The Bertz CT molecular complexity index is 820. The van der Waals surface area contributed by atoms with Gasteiger partial charge in [0.05, 0.1) is 30.2 Å². The Labute approximate surface area is 141 Å². The summed E-state index contributed by atoms with van der Waals surface area (Å²) in [5.74, 6) is -3.24. The highest BCUT2D eigenvalue weighted by Crippen LogP contribution is 2.57. The van der Waals surface area contributed by atoms with Crippen molar-refractivity contribution in [2.45, 2.75) is 11.3 Å².